The summed E-state index contributed by atoms with van der Waals surface area (Å²) >= 11 is 0. The van der Waals surface area contributed by atoms with Crippen molar-refractivity contribution in [3.63, 3.8) is 0 Å². The summed E-state index contributed by atoms with van der Waals surface area (Å²) in [5.41, 5.74) is 2.82. The first-order chi connectivity index (χ1) is 10.2. The zero-order valence-electron chi connectivity index (χ0n) is 14.7. The molecule has 0 aliphatic carbocycles. The van der Waals surface area contributed by atoms with Crippen LogP contribution in [-0.4, -0.2) is 56.0 Å². The molecule has 0 atom stereocenters. The van der Waals surface area contributed by atoms with Gasteiger partial charge in [-0.15, -0.1) is 0 Å². The maximum Gasteiger partial charge on any atom is 0.257 e. The van der Waals surface area contributed by atoms with Crippen molar-refractivity contribution in [2.75, 3.05) is 40.3 Å². The number of likely N-dealkylation sites (N-methyl/N-ethyl adjacent to an activating group) is 1. The molecule has 0 unspecified atom stereocenters. The number of ether oxygens (including phenoxy) is 1. The topological polar surface area (TPSA) is 32.8 Å². The molecule has 0 radical (unpaired) electrons. The summed E-state index contributed by atoms with van der Waals surface area (Å²) in [5, 5.41) is 0. The Morgan fingerprint density at radius 1 is 1.14 bits per heavy atom. The fraction of sp³-hybridized carbons (Fsp3) is 0.611. The molecular weight excluding hydrogens is 276 g/mol. The van der Waals surface area contributed by atoms with Gasteiger partial charge in [0.25, 0.3) is 5.91 Å². The second-order valence-electron chi connectivity index (χ2n) is 7.24. The second-order valence-corrected chi connectivity index (χ2v) is 7.24. The number of hydrogen-bond acceptors (Lipinski definition) is 3. The van der Waals surface area contributed by atoms with Gasteiger partial charge in [0.2, 0.25) is 0 Å². The first kappa shape index (κ1) is 16.8. The lowest BCUT2D eigenvalue weighted by atomic mass is 9.84. The predicted molar refractivity (Wildman–Crippen MR) is 89.8 cm³/mol. The van der Waals surface area contributed by atoms with Crippen molar-refractivity contribution in [3.05, 3.63) is 28.8 Å². The van der Waals surface area contributed by atoms with E-state index in [0.29, 0.717) is 5.56 Å². The number of carbonyl (C=O) groups excluding carboxylic acids is 1. The van der Waals surface area contributed by atoms with Gasteiger partial charge in [-0.1, -0.05) is 26.8 Å². The Kier molecular flexibility index (Phi) is 4.81. The average molecular weight is 304 g/mol. The van der Waals surface area contributed by atoms with Gasteiger partial charge in [0.05, 0.1) is 12.7 Å². The lowest BCUT2D eigenvalue weighted by molar-refractivity contribution is 0.0660. The van der Waals surface area contributed by atoms with E-state index in [0.717, 1.165) is 43.1 Å². The van der Waals surface area contributed by atoms with Crippen molar-refractivity contribution in [1.29, 1.82) is 0 Å². The maximum atomic E-state index is 12.9. The summed E-state index contributed by atoms with van der Waals surface area (Å²) in [4.78, 5) is 17.1. The number of carbonyl (C=O) groups is 1. The molecule has 1 amide bonds. The number of piperazine rings is 1. The van der Waals surface area contributed by atoms with Crippen molar-refractivity contribution < 1.29 is 9.53 Å². The van der Waals surface area contributed by atoms with Crippen LogP contribution < -0.4 is 4.74 Å². The van der Waals surface area contributed by atoms with Gasteiger partial charge in [-0.3, -0.25) is 4.79 Å². The SMILES string of the molecule is COc1c(C(=O)N2CCN(C)CC2)cc(C)cc1C(C)(C)C. The Morgan fingerprint density at radius 3 is 2.23 bits per heavy atom. The number of benzene rings is 1. The number of aryl methyl sites for hydroxylation is 1. The van der Waals surface area contributed by atoms with Crippen LogP contribution in [0, 0.1) is 6.92 Å². The first-order valence-electron chi connectivity index (χ1n) is 7.91. The fourth-order valence-corrected chi connectivity index (χ4v) is 2.89. The van der Waals surface area contributed by atoms with Gasteiger partial charge in [-0.05, 0) is 31.0 Å². The molecule has 0 spiro atoms. The van der Waals surface area contributed by atoms with Crippen molar-refractivity contribution in [2.24, 2.45) is 0 Å². The summed E-state index contributed by atoms with van der Waals surface area (Å²) in [7, 11) is 3.74. The third-order valence-corrected chi connectivity index (χ3v) is 4.27. The van der Waals surface area contributed by atoms with Crippen LogP contribution in [0.1, 0.15) is 42.3 Å². The van der Waals surface area contributed by atoms with E-state index in [9.17, 15) is 4.79 Å². The van der Waals surface area contributed by atoms with Crippen molar-refractivity contribution in [2.45, 2.75) is 33.1 Å². The molecule has 1 aromatic carbocycles. The van der Waals surface area contributed by atoms with E-state index in [4.69, 9.17) is 4.74 Å². The third kappa shape index (κ3) is 3.43. The van der Waals surface area contributed by atoms with Gasteiger partial charge >= 0.3 is 0 Å². The molecule has 4 nitrogen and oxygen atoms in total. The van der Waals surface area contributed by atoms with Crippen molar-refractivity contribution in [1.82, 2.24) is 9.80 Å². The number of methoxy groups -OCH3 is 1. The molecule has 1 fully saturated rings. The lowest BCUT2D eigenvalue weighted by Gasteiger charge is -2.33. The van der Waals surface area contributed by atoms with Crippen molar-refractivity contribution >= 4 is 5.91 Å². The molecule has 122 valence electrons. The zero-order valence-corrected chi connectivity index (χ0v) is 14.7. The van der Waals surface area contributed by atoms with E-state index < -0.39 is 0 Å². The highest BCUT2D eigenvalue weighted by Crippen LogP contribution is 2.35. The van der Waals surface area contributed by atoms with Gasteiger partial charge in [-0.2, -0.15) is 0 Å². The highest BCUT2D eigenvalue weighted by molar-refractivity contribution is 5.98. The molecule has 1 saturated heterocycles. The number of rotatable bonds is 2. The smallest absolute Gasteiger partial charge is 0.257 e. The highest BCUT2D eigenvalue weighted by atomic mass is 16.5. The highest BCUT2D eigenvalue weighted by Gasteiger charge is 2.28. The number of nitrogens with zero attached hydrogens (tertiary/aromatic N) is 2. The standard InChI is InChI=1S/C18H28N2O2/c1-13-11-14(16(22-6)15(12-13)18(2,3)4)17(21)20-9-7-19(5)8-10-20/h11-12H,7-10H2,1-6H3. The van der Waals surface area contributed by atoms with E-state index in [2.05, 4.69) is 38.8 Å². The van der Waals surface area contributed by atoms with Gasteiger partial charge in [-0.25, -0.2) is 0 Å². The second kappa shape index (κ2) is 6.29. The summed E-state index contributed by atoms with van der Waals surface area (Å²) < 4.78 is 5.63. The minimum atomic E-state index is -0.0610. The van der Waals surface area contributed by atoms with E-state index in [1.807, 2.05) is 17.9 Å². The van der Waals surface area contributed by atoms with Gasteiger partial charge in [0.15, 0.2) is 0 Å². The summed E-state index contributed by atoms with van der Waals surface area (Å²) in [6, 6.07) is 4.08. The van der Waals surface area contributed by atoms with E-state index in [1.165, 1.54) is 0 Å². The molecule has 2 rings (SSSR count). The van der Waals surface area contributed by atoms with Crippen molar-refractivity contribution in [3.8, 4) is 5.75 Å². The Labute approximate surface area is 134 Å². The molecule has 0 saturated carbocycles. The summed E-state index contributed by atoms with van der Waals surface area (Å²) in [6.45, 7) is 11.9. The molecular formula is C18H28N2O2. The van der Waals surface area contributed by atoms with Crippen LogP contribution in [0.3, 0.4) is 0 Å². The number of hydrogen-bond donors (Lipinski definition) is 0. The van der Waals surface area contributed by atoms with Gasteiger partial charge in [0.1, 0.15) is 5.75 Å². The molecule has 4 heteroatoms. The van der Waals surface area contributed by atoms with Crippen LogP contribution in [0.5, 0.6) is 5.75 Å². The van der Waals surface area contributed by atoms with Crippen LogP contribution in [-0.2, 0) is 5.41 Å². The van der Waals surface area contributed by atoms with Crippen LogP contribution in [0.15, 0.2) is 12.1 Å². The van der Waals surface area contributed by atoms with Gasteiger partial charge in [0, 0.05) is 31.7 Å². The quantitative estimate of drug-likeness (QED) is 0.842. The molecule has 0 bridgehead atoms. The molecule has 1 aliphatic rings. The van der Waals surface area contributed by atoms with E-state index in [-0.39, 0.29) is 11.3 Å². The van der Waals surface area contributed by atoms with Gasteiger partial charge < -0.3 is 14.5 Å². The molecule has 1 aromatic rings. The maximum absolute atomic E-state index is 12.9. The molecule has 0 N–H and O–H groups in total. The minimum absolute atomic E-state index is 0.0610. The monoisotopic (exact) mass is 304 g/mol. The molecule has 1 heterocycles. The fourth-order valence-electron chi connectivity index (χ4n) is 2.89. The van der Waals surface area contributed by atoms with E-state index >= 15 is 0 Å². The summed E-state index contributed by atoms with van der Waals surface area (Å²) in [6.07, 6.45) is 0. The Balaban J connectivity index is 2.41. The van der Waals surface area contributed by atoms with Crippen LogP contribution >= 0.6 is 0 Å². The Hall–Kier alpha value is -1.55. The largest absolute Gasteiger partial charge is 0.496 e. The average Bonchev–Trinajstić information content (AvgIpc) is 2.45. The summed E-state index contributed by atoms with van der Waals surface area (Å²) in [5.74, 6) is 0.807. The van der Waals surface area contributed by atoms with Crippen LogP contribution in [0.25, 0.3) is 0 Å². The minimum Gasteiger partial charge on any atom is -0.496 e. The van der Waals surface area contributed by atoms with Crippen LogP contribution in [0.2, 0.25) is 0 Å². The predicted octanol–water partition coefficient (Wildman–Crippen LogP) is 2.69. The molecule has 0 aromatic heterocycles. The third-order valence-electron chi connectivity index (χ3n) is 4.27. The lowest BCUT2D eigenvalue weighted by Crippen LogP contribution is -2.47. The first-order valence-corrected chi connectivity index (χ1v) is 7.91. The molecule has 22 heavy (non-hydrogen) atoms. The van der Waals surface area contributed by atoms with Crippen LogP contribution in [0.4, 0.5) is 0 Å². The van der Waals surface area contributed by atoms with E-state index in [1.54, 1.807) is 7.11 Å². The number of amides is 1. The Morgan fingerprint density at radius 2 is 1.73 bits per heavy atom. The zero-order chi connectivity index (χ0) is 16.5. The molecule has 1 aliphatic heterocycles. The Bertz CT molecular complexity index is 553. The normalized spacial score (nSPS) is 16.7.